The number of nitrogens with one attached hydrogen (secondary N) is 1. The molecule has 1 N–H and O–H groups in total. The number of aromatic nitrogens is 1. The van der Waals surface area contributed by atoms with E-state index in [2.05, 4.69) is 80.1 Å². The molecule has 0 unspecified atom stereocenters. The number of fused-ring (bicyclic) bond motifs is 3. The third-order valence-electron chi connectivity index (χ3n) is 3.09. The van der Waals surface area contributed by atoms with E-state index < -0.39 is 0 Å². The third kappa shape index (κ3) is 2.35. The van der Waals surface area contributed by atoms with Gasteiger partial charge in [0.2, 0.25) is 0 Å². The van der Waals surface area contributed by atoms with Crippen molar-refractivity contribution in [2.24, 2.45) is 5.41 Å². The highest BCUT2D eigenvalue weighted by molar-refractivity contribution is 6.07. The Morgan fingerprint density at radius 1 is 0.895 bits per heavy atom. The lowest BCUT2D eigenvalue weighted by Gasteiger charge is -2.06. The van der Waals surface area contributed by atoms with Crippen LogP contribution in [0.3, 0.4) is 0 Å². The van der Waals surface area contributed by atoms with Gasteiger partial charge in [-0.2, -0.15) is 0 Å². The minimum absolute atomic E-state index is 0.0371. The third-order valence-corrected chi connectivity index (χ3v) is 3.09. The fraction of sp³-hybridized carbons (Fsp3) is 0.222. The van der Waals surface area contributed by atoms with E-state index in [4.69, 9.17) is 0 Å². The topological polar surface area (TPSA) is 15.8 Å². The molecule has 0 radical (unpaired) electrons. The second kappa shape index (κ2) is 4.17. The first-order valence-electron chi connectivity index (χ1n) is 6.57. The van der Waals surface area contributed by atoms with Crippen LogP contribution in [-0.2, 0) is 0 Å². The molecule has 0 amide bonds. The van der Waals surface area contributed by atoms with Gasteiger partial charge in [-0.15, -0.1) is 0 Å². The van der Waals surface area contributed by atoms with Crippen LogP contribution in [0.1, 0.15) is 26.3 Å². The van der Waals surface area contributed by atoms with Gasteiger partial charge >= 0.3 is 0 Å². The van der Waals surface area contributed by atoms with Gasteiger partial charge in [0.1, 0.15) is 0 Å². The molecule has 0 aliphatic rings. The summed E-state index contributed by atoms with van der Waals surface area (Å²) in [6.45, 7) is 6.38. The van der Waals surface area contributed by atoms with Crippen LogP contribution in [0.5, 0.6) is 0 Å². The predicted octanol–water partition coefficient (Wildman–Crippen LogP) is 4.72. The highest BCUT2D eigenvalue weighted by atomic mass is 14.7. The summed E-state index contributed by atoms with van der Waals surface area (Å²) in [7, 11) is 0. The zero-order valence-corrected chi connectivity index (χ0v) is 11.5. The van der Waals surface area contributed by atoms with Crippen LogP contribution in [0.25, 0.3) is 21.8 Å². The van der Waals surface area contributed by atoms with Crippen molar-refractivity contribution in [3.8, 4) is 11.8 Å². The highest BCUT2D eigenvalue weighted by Gasteiger charge is 2.05. The van der Waals surface area contributed by atoms with Crippen LogP contribution >= 0.6 is 0 Å². The summed E-state index contributed by atoms with van der Waals surface area (Å²) in [5.74, 6) is 6.52. The minimum Gasteiger partial charge on any atom is -0.354 e. The molecule has 3 rings (SSSR count). The molecule has 94 valence electrons. The first-order chi connectivity index (χ1) is 9.03. The number of hydrogen-bond donors (Lipinski definition) is 1. The molecule has 0 spiro atoms. The van der Waals surface area contributed by atoms with E-state index >= 15 is 0 Å². The maximum atomic E-state index is 3.45. The minimum atomic E-state index is 0.0371. The van der Waals surface area contributed by atoms with Gasteiger partial charge in [-0.25, -0.2) is 0 Å². The largest absolute Gasteiger partial charge is 0.354 e. The molecule has 3 aromatic rings. The fourth-order valence-electron chi connectivity index (χ4n) is 2.19. The number of hydrogen-bond acceptors (Lipinski definition) is 0. The molecule has 1 nitrogen and oxygen atoms in total. The molecule has 19 heavy (non-hydrogen) atoms. The van der Waals surface area contributed by atoms with Crippen molar-refractivity contribution < 1.29 is 0 Å². The van der Waals surface area contributed by atoms with Gasteiger partial charge < -0.3 is 4.98 Å². The number of benzene rings is 2. The summed E-state index contributed by atoms with van der Waals surface area (Å²) in [5, 5.41) is 2.53. The van der Waals surface area contributed by atoms with Crippen molar-refractivity contribution in [1.82, 2.24) is 4.98 Å². The predicted molar refractivity (Wildman–Crippen MR) is 82.1 cm³/mol. The van der Waals surface area contributed by atoms with Crippen LogP contribution in [0.4, 0.5) is 0 Å². The van der Waals surface area contributed by atoms with Crippen molar-refractivity contribution in [3.63, 3.8) is 0 Å². The monoisotopic (exact) mass is 247 g/mol. The summed E-state index contributed by atoms with van der Waals surface area (Å²) in [5.41, 5.74) is 3.43. The Balaban J connectivity index is 2.15. The second-order valence-electron chi connectivity index (χ2n) is 5.93. The SMILES string of the molecule is CC(C)(C)C#Cc1ccc2c(c1)[nH]c1ccccc12. The van der Waals surface area contributed by atoms with Crippen LogP contribution in [-0.4, -0.2) is 4.98 Å². The summed E-state index contributed by atoms with van der Waals surface area (Å²) in [4.78, 5) is 3.45. The van der Waals surface area contributed by atoms with E-state index in [9.17, 15) is 0 Å². The molecular formula is C18H17N. The van der Waals surface area contributed by atoms with Crippen molar-refractivity contribution >= 4 is 21.8 Å². The first-order valence-corrected chi connectivity index (χ1v) is 6.57. The smallest absolute Gasteiger partial charge is 0.0477 e. The zero-order chi connectivity index (χ0) is 13.5. The Labute approximate surface area is 113 Å². The van der Waals surface area contributed by atoms with Gasteiger partial charge in [0, 0.05) is 32.8 Å². The molecule has 0 atom stereocenters. The van der Waals surface area contributed by atoms with Gasteiger partial charge in [-0.05, 0) is 39.0 Å². The zero-order valence-electron chi connectivity index (χ0n) is 11.5. The molecule has 0 aliphatic carbocycles. The molecule has 1 heterocycles. The van der Waals surface area contributed by atoms with E-state index in [1.54, 1.807) is 0 Å². The summed E-state index contributed by atoms with van der Waals surface area (Å²) < 4.78 is 0. The maximum absolute atomic E-state index is 3.45. The Morgan fingerprint density at radius 3 is 2.42 bits per heavy atom. The van der Waals surface area contributed by atoms with E-state index in [1.165, 1.54) is 16.3 Å². The molecule has 0 fully saturated rings. The lowest BCUT2D eigenvalue weighted by molar-refractivity contribution is 0.571. The van der Waals surface area contributed by atoms with Crippen LogP contribution in [0.2, 0.25) is 0 Å². The van der Waals surface area contributed by atoms with Crippen molar-refractivity contribution in [2.45, 2.75) is 20.8 Å². The Bertz CT molecular complexity index is 804. The molecule has 2 aromatic carbocycles. The standard InChI is InChI=1S/C18H17N/c1-18(2,3)11-10-13-8-9-15-14-6-4-5-7-16(14)19-17(15)12-13/h4-9,12,19H,1-3H3. The number of H-pyrrole nitrogens is 1. The molecule has 0 bridgehead atoms. The first kappa shape index (κ1) is 11.9. The summed E-state index contributed by atoms with van der Waals surface area (Å²) in [6.07, 6.45) is 0. The molecular weight excluding hydrogens is 230 g/mol. The molecule has 0 aliphatic heterocycles. The number of rotatable bonds is 0. The average molecular weight is 247 g/mol. The van der Waals surface area contributed by atoms with Gasteiger partial charge in [0.05, 0.1) is 0 Å². The Hall–Kier alpha value is -2.20. The Morgan fingerprint density at radius 2 is 1.63 bits per heavy atom. The van der Waals surface area contributed by atoms with E-state index in [-0.39, 0.29) is 5.41 Å². The molecule has 1 heteroatoms. The van der Waals surface area contributed by atoms with Gasteiger partial charge in [-0.3, -0.25) is 0 Å². The van der Waals surface area contributed by atoms with E-state index in [0.717, 1.165) is 11.1 Å². The van der Waals surface area contributed by atoms with Gasteiger partial charge in [0.15, 0.2) is 0 Å². The maximum Gasteiger partial charge on any atom is 0.0477 e. The summed E-state index contributed by atoms with van der Waals surface area (Å²) in [6, 6.07) is 14.8. The van der Waals surface area contributed by atoms with Crippen molar-refractivity contribution in [2.75, 3.05) is 0 Å². The lowest BCUT2D eigenvalue weighted by Crippen LogP contribution is -1.99. The van der Waals surface area contributed by atoms with Crippen molar-refractivity contribution in [3.05, 3.63) is 48.0 Å². The quantitative estimate of drug-likeness (QED) is 0.553. The van der Waals surface area contributed by atoms with Crippen molar-refractivity contribution in [1.29, 1.82) is 0 Å². The molecule has 1 aromatic heterocycles. The van der Waals surface area contributed by atoms with Gasteiger partial charge in [-0.1, -0.05) is 36.1 Å². The number of aromatic amines is 1. The number of para-hydroxylation sites is 1. The van der Waals surface area contributed by atoms with Crippen LogP contribution in [0, 0.1) is 17.3 Å². The second-order valence-corrected chi connectivity index (χ2v) is 5.93. The lowest BCUT2D eigenvalue weighted by atomic mass is 9.97. The normalized spacial score (nSPS) is 11.5. The fourth-order valence-corrected chi connectivity index (χ4v) is 2.19. The van der Waals surface area contributed by atoms with Gasteiger partial charge in [0.25, 0.3) is 0 Å². The molecule has 0 saturated carbocycles. The van der Waals surface area contributed by atoms with E-state index in [0.29, 0.717) is 0 Å². The Kier molecular flexibility index (Phi) is 2.61. The van der Waals surface area contributed by atoms with E-state index in [1.807, 2.05) is 0 Å². The van der Waals surface area contributed by atoms with Crippen LogP contribution < -0.4 is 0 Å². The highest BCUT2D eigenvalue weighted by Crippen LogP contribution is 2.25. The summed E-state index contributed by atoms with van der Waals surface area (Å²) >= 11 is 0. The van der Waals surface area contributed by atoms with Crippen LogP contribution in [0.15, 0.2) is 42.5 Å². The average Bonchev–Trinajstić information content (AvgIpc) is 2.73. The molecule has 0 saturated heterocycles.